The third-order valence-electron chi connectivity index (χ3n) is 7.38. The van der Waals surface area contributed by atoms with Crippen LogP contribution in [0.5, 0.6) is 0 Å². The van der Waals surface area contributed by atoms with E-state index in [0.29, 0.717) is 50.3 Å². The summed E-state index contributed by atoms with van der Waals surface area (Å²) >= 11 is 7.27. The normalized spacial score (nSPS) is 18.4. The number of thiazole rings is 1. The molecule has 0 unspecified atom stereocenters. The average Bonchev–Trinajstić information content (AvgIpc) is 3.53. The van der Waals surface area contributed by atoms with Gasteiger partial charge in [-0.05, 0) is 44.5 Å². The Morgan fingerprint density at radius 2 is 1.88 bits per heavy atom. The number of benzene rings is 1. The number of anilines is 2. The first-order valence-electron chi connectivity index (χ1n) is 13.4. The van der Waals surface area contributed by atoms with E-state index in [1.54, 1.807) is 0 Å². The quantitative estimate of drug-likeness (QED) is 0.368. The first kappa shape index (κ1) is 30.1. The lowest BCUT2D eigenvalue weighted by Gasteiger charge is -2.34. The van der Waals surface area contributed by atoms with E-state index in [1.807, 2.05) is 9.80 Å². The molecule has 5 rings (SSSR count). The monoisotopic (exact) mass is 623 g/mol. The van der Waals surface area contributed by atoms with Crippen LogP contribution >= 0.6 is 22.9 Å². The third-order valence-corrected chi connectivity index (χ3v) is 8.55. The highest BCUT2D eigenvalue weighted by atomic mass is 35.5. The molecule has 4 heterocycles. The minimum absolute atomic E-state index is 0.0172. The largest absolute Gasteiger partial charge is 0.480 e. The van der Waals surface area contributed by atoms with E-state index in [2.05, 4.69) is 32.1 Å². The summed E-state index contributed by atoms with van der Waals surface area (Å²) in [6.07, 6.45) is 0.316. The molecule has 0 aliphatic carbocycles. The van der Waals surface area contributed by atoms with Gasteiger partial charge in [0.15, 0.2) is 5.13 Å². The van der Waals surface area contributed by atoms with E-state index in [4.69, 9.17) is 16.7 Å². The number of carbonyl (C=O) groups excluding carboxylic acids is 1. The van der Waals surface area contributed by atoms with Gasteiger partial charge in [0.1, 0.15) is 11.5 Å². The summed E-state index contributed by atoms with van der Waals surface area (Å²) in [5, 5.41) is 11.9. The van der Waals surface area contributed by atoms with E-state index in [1.165, 1.54) is 29.8 Å². The summed E-state index contributed by atoms with van der Waals surface area (Å²) in [4.78, 5) is 43.9. The highest BCUT2D eigenvalue weighted by Crippen LogP contribution is 2.39. The van der Waals surface area contributed by atoms with Gasteiger partial charge in [0, 0.05) is 54.2 Å². The maximum Gasteiger partial charge on any atom is 0.416 e. The minimum Gasteiger partial charge on any atom is -0.480 e. The minimum atomic E-state index is -4.58. The van der Waals surface area contributed by atoms with Gasteiger partial charge in [0.2, 0.25) is 0 Å². The summed E-state index contributed by atoms with van der Waals surface area (Å²) < 4.78 is 40.6. The number of alkyl halides is 3. The molecule has 2 saturated heterocycles. The molecule has 0 radical (unpaired) electrons. The van der Waals surface area contributed by atoms with Crippen LogP contribution in [0.25, 0.3) is 11.3 Å². The second-order valence-electron chi connectivity index (χ2n) is 10.3. The lowest BCUT2D eigenvalue weighted by molar-refractivity contribution is -0.139. The number of piperazine rings is 1. The molecule has 42 heavy (non-hydrogen) atoms. The maximum atomic E-state index is 13.5. The van der Waals surface area contributed by atoms with Gasteiger partial charge in [-0.25, -0.2) is 15.0 Å². The first-order valence-corrected chi connectivity index (χ1v) is 14.6. The van der Waals surface area contributed by atoms with E-state index in [9.17, 15) is 22.8 Å². The molecule has 1 aromatic carbocycles. The van der Waals surface area contributed by atoms with Crippen molar-refractivity contribution in [2.24, 2.45) is 0 Å². The fourth-order valence-electron chi connectivity index (χ4n) is 5.13. The molecule has 0 saturated carbocycles. The summed E-state index contributed by atoms with van der Waals surface area (Å²) in [5.41, 5.74) is -0.258. The summed E-state index contributed by atoms with van der Waals surface area (Å²) in [6, 6.07) is 3.66. The van der Waals surface area contributed by atoms with Gasteiger partial charge in [0.05, 0.1) is 30.2 Å². The van der Waals surface area contributed by atoms with Gasteiger partial charge in [-0.15, -0.1) is 0 Å². The molecule has 2 aromatic heterocycles. The Hall–Kier alpha value is -3.33. The summed E-state index contributed by atoms with van der Waals surface area (Å²) in [6.45, 7) is 5.72. The Morgan fingerprint density at radius 3 is 2.50 bits per heavy atom. The zero-order chi connectivity index (χ0) is 30.0. The number of carboxylic acids is 1. The Morgan fingerprint density at radius 1 is 1.12 bits per heavy atom. The number of nitrogens with one attached hydrogen (secondary N) is 1. The van der Waals surface area contributed by atoms with Gasteiger partial charge in [-0.2, -0.15) is 13.2 Å². The lowest BCUT2D eigenvalue weighted by Crippen LogP contribution is -2.48. The van der Waals surface area contributed by atoms with Crippen molar-refractivity contribution < 1.29 is 27.9 Å². The van der Waals surface area contributed by atoms with E-state index in [0.717, 1.165) is 36.4 Å². The molecule has 15 heteroatoms. The Labute approximate surface area is 249 Å². The number of aromatic nitrogens is 3. The number of carbonyl (C=O) groups is 2. The number of hydrogen-bond donors (Lipinski definition) is 2. The number of aliphatic carboxylic acids is 1. The molecule has 2 fully saturated rings. The third kappa shape index (κ3) is 7.17. The zero-order valence-corrected chi connectivity index (χ0v) is 24.3. The number of halogens is 4. The van der Waals surface area contributed by atoms with Gasteiger partial charge < -0.3 is 10.0 Å². The number of amides is 1. The summed E-state index contributed by atoms with van der Waals surface area (Å²) in [5.74, 6) is -0.854. The van der Waals surface area contributed by atoms with Gasteiger partial charge in [-0.1, -0.05) is 22.9 Å². The molecule has 1 amide bonds. The number of hydrogen-bond acceptors (Lipinski definition) is 9. The highest BCUT2D eigenvalue weighted by molar-refractivity contribution is 7.16. The van der Waals surface area contributed by atoms with Crippen molar-refractivity contribution in [1.29, 1.82) is 0 Å². The predicted octanol–water partition coefficient (Wildman–Crippen LogP) is 4.72. The smallest absolute Gasteiger partial charge is 0.416 e. The standard InChI is InChI=1S/C27H29ClF3N7O3S/c1-16-3-2-4-38(16)14-21-24(17-9-18(27(29,30)31)11-19(28)10-17)34-26(42-21)35-25(41)20-12-33-22(13-32-20)37-7-5-36(6-8-37)15-23(39)40/h9-13,16H,2-8,14-15H2,1H3,(H,39,40)(H,34,35,41)/t16-/m1/s1. The van der Waals surface area contributed by atoms with Crippen molar-refractivity contribution in [3.8, 4) is 11.3 Å². The number of nitrogens with zero attached hydrogens (tertiary/aromatic N) is 6. The second-order valence-corrected chi connectivity index (χ2v) is 11.9. The fraction of sp³-hybridized carbons (Fsp3) is 0.444. The lowest BCUT2D eigenvalue weighted by atomic mass is 10.1. The molecule has 3 aromatic rings. The van der Waals surface area contributed by atoms with Crippen LogP contribution in [0.3, 0.4) is 0 Å². The van der Waals surface area contributed by atoms with Crippen molar-refractivity contribution in [2.45, 2.75) is 38.5 Å². The Balaban J connectivity index is 1.34. The topological polar surface area (TPSA) is 115 Å². The molecular formula is C27H29ClF3N7O3S. The van der Waals surface area contributed by atoms with Crippen LogP contribution in [0, 0.1) is 0 Å². The number of likely N-dealkylation sites (tertiary alicyclic amines) is 1. The van der Waals surface area contributed by atoms with Gasteiger partial charge in [-0.3, -0.25) is 24.7 Å². The molecule has 2 aliphatic heterocycles. The fourth-order valence-corrected chi connectivity index (χ4v) is 6.37. The van der Waals surface area contributed by atoms with Crippen molar-refractivity contribution in [2.75, 3.05) is 49.5 Å². The molecule has 10 nitrogen and oxygen atoms in total. The van der Waals surface area contributed by atoms with Crippen LogP contribution in [0.4, 0.5) is 24.1 Å². The molecule has 224 valence electrons. The second kappa shape index (κ2) is 12.5. The van der Waals surface area contributed by atoms with Crippen LogP contribution in [-0.2, 0) is 17.5 Å². The molecule has 2 aliphatic rings. The van der Waals surface area contributed by atoms with Crippen LogP contribution in [0.2, 0.25) is 5.02 Å². The van der Waals surface area contributed by atoms with E-state index < -0.39 is 23.6 Å². The van der Waals surface area contributed by atoms with E-state index >= 15 is 0 Å². The number of carboxylic acid groups (broad SMARTS) is 1. The van der Waals surface area contributed by atoms with Crippen molar-refractivity contribution in [1.82, 2.24) is 24.8 Å². The van der Waals surface area contributed by atoms with Crippen LogP contribution in [-0.4, -0.2) is 87.0 Å². The number of rotatable bonds is 8. The predicted molar refractivity (Wildman–Crippen MR) is 153 cm³/mol. The van der Waals surface area contributed by atoms with Crippen molar-refractivity contribution >= 4 is 45.8 Å². The van der Waals surface area contributed by atoms with Crippen molar-refractivity contribution in [3.63, 3.8) is 0 Å². The molecule has 1 atom stereocenters. The molecule has 2 N–H and O–H groups in total. The van der Waals surface area contributed by atoms with Crippen LogP contribution in [0.15, 0.2) is 30.6 Å². The Bertz CT molecular complexity index is 1450. The van der Waals surface area contributed by atoms with Gasteiger partial charge >= 0.3 is 12.1 Å². The molecule has 0 bridgehead atoms. The van der Waals surface area contributed by atoms with Crippen molar-refractivity contribution in [3.05, 3.63) is 51.7 Å². The van der Waals surface area contributed by atoms with Crippen LogP contribution < -0.4 is 10.2 Å². The zero-order valence-electron chi connectivity index (χ0n) is 22.7. The molecule has 0 spiro atoms. The van der Waals surface area contributed by atoms with E-state index in [-0.39, 0.29) is 28.0 Å². The first-order chi connectivity index (χ1) is 20.0. The highest BCUT2D eigenvalue weighted by Gasteiger charge is 2.32. The SMILES string of the molecule is C[C@@H]1CCCN1Cc1sc(NC(=O)c2cnc(N3CCN(CC(=O)O)CC3)cn2)nc1-c1cc(Cl)cc(C(F)(F)F)c1. The average molecular weight is 624 g/mol. The van der Waals surface area contributed by atoms with Crippen LogP contribution in [0.1, 0.15) is 40.7 Å². The summed E-state index contributed by atoms with van der Waals surface area (Å²) in [7, 11) is 0. The molecular weight excluding hydrogens is 595 g/mol. The van der Waals surface area contributed by atoms with Gasteiger partial charge in [0.25, 0.3) is 5.91 Å². The maximum absolute atomic E-state index is 13.5. The Kier molecular flexibility index (Phi) is 8.97.